The number of hydrogen-bond acceptors (Lipinski definition) is 8. The lowest BCUT2D eigenvalue weighted by Crippen LogP contribution is -2.72. The molecule has 2 saturated heterocycles. The molecule has 3 aliphatic rings. The summed E-state index contributed by atoms with van der Waals surface area (Å²) in [6, 6.07) is 2.83. The van der Waals surface area contributed by atoms with Crippen molar-refractivity contribution in [1.29, 1.82) is 0 Å². The lowest BCUT2D eigenvalue weighted by molar-refractivity contribution is -0.384. The van der Waals surface area contributed by atoms with Crippen LogP contribution < -0.4 is 10.2 Å². The van der Waals surface area contributed by atoms with Crippen molar-refractivity contribution in [1.82, 2.24) is 10.2 Å². The highest BCUT2D eigenvalue weighted by molar-refractivity contribution is 6.20. The number of benzene rings is 1. The first-order valence-corrected chi connectivity index (χ1v) is 10.0. The van der Waals surface area contributed by atoms with E-state index in [0.29, 0.717) is 24.2 Å². The van der Waals surface area contributed by atoms with Gasteiger partial charge in [0.2, 0.25) is 11.8 Å². The number of nitrogens with one attached hydrogen (secondary N) is 1. The third kappa shape index (κ3) is 3.03. The number of urea groups is 1. The molecule has 0 unspecified atom stereocenters. The highest BCUT2D eigenvalue weighted by Crippen LogP contribution is 2.49. The maximum Gasteiger partial charge on any atom is 0.330 e. The van der Waals surface area contributed by atoms with Crippen molar-refractivity contribution < 1.29 is 28.8 Å². The Hall–Kier alpha value is -3.50. The molecule has 2 fully saturated rings. The zero-order chi connectivity index (χ0) is 22.5. The van der Waals surface area contributed by atoms with E-state index < -0.39 is 40.1 Å². The number of amides is 4. The Labute approximate surface area is 177 Å². The van der Waals surface area contributed by atoms with E-state index in [2.05, 4.69) is 5.32 Å². The maximum atomic E-state index is 13.4. The fourth-order valence-corrected chi connectivity index (χ4v) is 4.95. The number of nitro benzene ring substituents is 1. The molecule has 0 saturated carbocycles. The number of imide groups is 2. The summed E-state index contributed by atoms with van der Waals surface area (Å²) in [7, 11) is 1.28. The van der Waals surface area contributed by atoms with Crippen LogP contribution in [0.5, 0.6) is 0 Å². The van der Waals surface area contributed by atoms with Crippen LogP contribution in [-0.2, 0) is 25.5 Å². The first-order valence-electron chi connectivity index (χ1n) is 10.0. The first kappa shape index (κ1) is 20.8. The predicted molar refractivity (Wildman–Crippen MR) is 106 cm³/mol. The molecule has 11 heteroatoms. The maximum absolute atomic E-state index is 13.4. The molecule has 164 valence electrons. The Kier molecular flexibility index (Phi) is 4.91. The second kappa shape index (κ2) is 7.33. The first-order chi connectivity index (χ1) is 14.7. The molecule has 3 heterocycles. The predicted octanol–water partition coefficient (Wildman–Crippen LogP) is 0.994. The Balaban J connectivity index is 1.84. The summed E-state index contributed by atoms with van der Waals surface area (Å²) in [4.78, 5) is 64.5. The Morgan fingerprint density at radius 3 is 2.77 bits per heavy atom. The molecule has 3 aliphatic heterocycles. The van der Waals surface area contributed by atoms with Crippen molar-refractivity contribution in [3.8, 4) is 0 Å². The normalized spacial score (nSPS) is 27.5. The number of hydrogen-bond donors (Lipinski definition) is 1. The van der Waals surface area contributed by atoms with Crippen molar-refractivity contribution in [2.75, 3.05) is 25.1 Å². The van der Waals surface area contributed by atoms with E-state index >= 15 is 0 Å². The van der Waals surface area contributed by atoms with Gasteiger partial charge >= 0.3 is 12.0 Å². The third-order valence-corrected chi connectivity index (χ3v) is 6.46. The van der Waals surface area contributed by atoms with Gasteiger partial charge in [-0.1, -0.05) is 0 Å². The van der Waals surface area contributed by atoms with E-state index in [-0.39, 0.29) is 31.1 Å². The van der Waals surface area contributed by atoms with Crippen molar-refractivity contribution in [3.63, 3.8) is 0 Å². The average Bonchev–Trinajstić information content (AvgIpc) is 2.75. The summed E-state index contributed by atoms with van der Waals surface area (Å²) < 4.78 is 5.16. The lowest BCUT2D eigenvalue weighted by Gasteiger charge is -2.54. The topological polar surface area (TPSA) is 139 Å². The van der Waals surface area contributed by atoms with Crippen LogP contribution in [0.25, 0.3) is 0 Å². The van der Waals surface area contributed by atoms with Gasteiger partial charge in [0.25, 0.3) is 5.69 Å². The number of anilines is 1. The van der Waals surface area contributed by atoms with Gasteiger partial charge in [0.15, 0.2) is 5.41 Å². The molecular weight excluding hydrogens is 408 g/mol. The zero-order valence-corrected chi connectivity index (χ0v) is 17.1. The molecule has 31 heavy (non-hydrogen) atoms. The molecule has 0 bridgehead atoms. The zero-order valence-electron chi connectivity index (χ0n) is 17.1. The summed E-state index contributed by atoms with van der Waals surface area (Å²) in [6.45, 7) is 2.29. The van der Waals surface area contributed by atoms with Crippen LogP contribution in [0.3, 0.4) is 0 Å². The van der Waals surface area contributed by atoms with Gasteiger partial charge < -0.3 is 9.64 Å². The van der Waals surface area contributed by atoms with Crippen LogP contribution in [0.15, 0.2) is 18.2 Å². The van der Waals surface area contributed by atoms with Gasteiger partial charge in [-0.05, 0) is 31.4 Å². The number of non-ortho nitro benzene ring substituents is 1. The summed E-state index contributed by atoms with van der Waals surface area (Å²) >= 11 is 0. The summed E-state index contributed by atoms with van der Waals surface area (Å²) in [6.07, 6.45) is 0.534. The summed E-state index contributed by atoms with van der Waals surface area (Å²) in [5, 5.41) is 13.5. The minimum atomic E-state index is -1.68. The molecule has 1 aromatic rings. The molecule has 0 aromatic heterocycles. The molecule has 1 N–H and O–H groups in total. The second-order valence-corrected chi connectivity index (χ2v) is 8.02. The monoisotopic (exact) mass is 430 g/mol. The molecule has 4 rings (SSSR count). The average molecular weight is 430 g/mol. The smallest absolute Gasteiger partial charge is 0.330 e. The Morgan fingerprint density at radius 1 is 1.35 bits per heavy atom. The van der Waals surface area contributed by atoms with E-state index in [9.17, 15) is 29.3 Å². The minimum Gasteiger partial charge on any atom is -0.466 e. The third-order valence-electron chi connectivity index (χ3n) is 6.46. The Morgan fingerprint density at radius 2 is 2.10 bits per heavy atom. The van der Waals surface area contributed by atoms with Gasteiger partial charge in [-0.3, -0.25) is 34.7 Å². The van der Waals surface area contributed by atoms with Gasteiger partial charge in [0.1, 0.15) is 0 Å². The number of esters is 1. The van der Waals surface area contributed by atoms with E-state index in [1.54, 1.807) is 13.0 Å². The fourth-order valence-electron chi connectivity index (χ4n) is 4.95. The quantitative estimate of drug-likeness (QED) is 0.324. The van der Waals surface area contributed by atoms with E-state index in [1.807, 2.05) is 4.90 Å². The van der Waals surface area contributed by atoms with Crippen LogP contribution in [0.2, 0.25) is 0 Å². The van der Waals surface area contributed by atoms with E-state index in [0.717, 1.165) is 4.90 Å². The lowest BCUT2D eigenvalue weighted by atomic mass is 9.64. The fraction of sp³-hybridized carbons (Fsp3) is 0.500. The summed E-state index contributed by atoms with van der Waals surface area (Å²) in [5.74, 6) is -2.32. The van der Waals surface area contributed by atoms with Gasteiger partial charge in [-0.25, -0.2) is 4.79 Å². The molecule has 1 spiro atoms. The van der Waals surface area contributed by atoms with E-state index in [4.69, 9.17) is 4.74 Å². The van der Waals surface area contributed by atoms with Gasteiger partial charge in [-0.15, -0.1) is 0 Å². The van der Waals surface area contributed by atoms with Crippen LogP contribution in [-0.4, -0.2) is 59.9 Å². The number of carbonyl (C=O) groups excluding carboxylic acids is 4. The number of ether oxygens (including phenoxy) is 1. The highest BCUT2D eigenvalue weighted by Gasteiger charge is 2.62. The molecule has 11 nitrogen and oxygen atoms in total. The Bertz CT molecular complexity index is 1010. The highest BCUT2D eigenvalue weighted by atomic mass is 16.6. The van der Waals surface area contributed by atoms with Crippen molar-refractivity contribution in [3.05, 3.63) is 33.9 Å². The molecule has 0 aliphatic carbocycles. The number of nitrogens with zero attached hydrogens (tertiary/aromatic N) is 3. The van der Waals surface area contributed by atoms with Crippen LogP contribution in [0.1, 0.15) is 25.3 Å². The van der Waals surface area contributed by atoms with Crippen LogP contribution >= 0.6 is 0 Å². The van der Waals surface area contributed by atoms with Crippen LogP contribution in [0, 0.1) is 21.4 Å². The number of fused-ring (bicyclic) bond motifs is 4. The SMILES string of the molecule is CCOC(=O)[C@@H]1CCN2c3ccc([N+](=O)[O-])cc3C[C@]3(C(=O)NC(=O)N(C)C3=O)[C@H]2C1. The molecule has 3 atom stereocenters. The van der Waals surface area contributed by atoms with Gasteiger partial charge in [-0.2, -0.15) is 0 Å². The molecule has 1 aromatic carbocycles. The number of nitro groups is 1. The number of carbonyl (C=O) groups is 4. The number of rotatable bonds is 3. The standard InChI is InChI=1S/C20H22N4O7/c1-3-31-16(25)11-6-7-23-14-5-4-13(24(29)30)8-12(14)10-20(15(23)9-11)17(26)21-19(28)22(2)18(20)27/h4-5,8,11,15H,3,6-7,9-10H2,1-2H3,(H,21,26,28)/t11-,15-,20-/m1/s1. The number of piperidine rings is 1. The van der Waals surface area contributed by atoms with Crippen LogP contribution in [0.4, 0.5) is 16.2 Å². The molecule has 4 amide bonds. The minimum absolute atomic E-state index is 0.108. The molecule has 0 radical (unpaired) electrons. The van der Waals surface area contributed by atoms with E-state index in [1.165, 1.54) is 19.2 Å². The van der Waals surface area contributed by atoms with Crippen molar-refractivity contribution in [2.24, 2.45) is 11.3 Å². The van der Waals surface area contributed by atoms with Gasteiger partial charge in [0.05, 0.1) is 23.5 Å². The second-order valence-electron chi connectivity index (χ2n) is 8.02. The van der Waals surface area contributed by atoms with Crippen molar-refractivity contribution >= 4 is 35.2 Å². The van der Waals surface area contributed by atoms with Crippen molar-refractivity contribution in [2.45, 2.75) is 32.2 Å². The molecular formula is C20H22N4O7. The summed E-state index contributed by atoms with van der Waals surface area (Å²) in [5.41, 5.74) is -0.674. The largest absolute Gasteiger partial charge is 0.466 e. The number of barbiturate groups is 1. The van der Waals surface area contributed by atoms with Gasteiger partial charge in [0, 0.05) is 37.8 Å².